The van der Waals surface area contributed by atoms with Crippen LogP contribution >= 0.6 is 0 Å². The topological polar surface area (TPSA) is 180 Å². The standard InChI is InChI=1S/C17H20BN2O9/c1-17(19,16(24)25)15(23)20-5-7(6-20)28-11-3-2-8-9-4-10(9)18(26,27)29-13(8)12(11)14(21)22/h2-3,7,9-10,26-27H,4-6,19H2,1H3,(H,21,22)(H,24,25)/q-1/t9-,10-,17+/m0/s1. The molecule has 2 aliphatic heterocycles. The summed E-state index contributed by atoms with van der Waals surface area (Å²) in [6.07, 6.45) is -0.0732. The quantitative estimate of drug-likeness (QED) is 0.299. The Morgan fingerprint density at radius 1 is 1.28 bits per heavy atom. The van der Waals surface area contributed by atoms with Crippen molar-refractivity contribution in [2.75, 3.05) is 13.1 Å². The van der Waals surface area contributed by atoms with Crippen LogP contribution in [0, 0.1) is 0 Å². The summed E-state index contributed by atoms with van der Waals surface area (Å²) in [7, 11) is 0. The highest BCUT2D eigenvalue weighted by atomic mass is 16.6. The SMILES string of the molecule is C[C@](N)(C(=O)O)C(=O)N1CC(Oc2ccc3c(c2C(=O)O)O[B-](O)(O)[C@H]2C[C@@H]32)C1. The monoisotopic (exact) mass is 407 g/mol. The number of carbonyl (C=O) groups is 3. The zero-order valence-electron chi connectivity index (χ0n) is 15.4. The average Bonchev–Trinajstić information content (AvgIpc) is 3.37. The van der Waals surface area contributed by atoms with Crippen molar-refractivity contribution in [3.8, 4) is 11.5 Å². The normalized spacial score (nSPS) is 26.1. The number of nitrogens with zero attached hydrogens (tertiary/aromatic N) is 1. The number of hydrogen-bond donors (Lipinski definition) is 5. The molecule has 156 valence electrons. The first kappa shape index (κ1) is 19.5. The van der Waals surface area contributed by atoms with Crippen LogP contribution in [-0.2, 0) is 9.59 Å². The van der Waals surface area contributed by atoms with Gasteiger partial charge in [-0.25, -0.2) is 9.59 Å². The van der Waals surface area contributed by atoms with Crippen molar-refractivity contribution < 1.29 is 44.0 Å². The number of benzene rings is 1. The number of carboxylic acids is 2. The smallest absolute Gasteiger partial charge is 0.434 e. The van der Waals surface area contributed by atoms with Crippen LogP contribution in [0.4, 0.5) is 0 Å². The van der Waals surface area contributed by atoms with Crippen molar-refractivity contribution in [2.24, 2.45) is 5.73 Å². The van der Waals surface area contributed by atoms with Gasteiger partial charge in [-0.05, 0) is 24.5 Å². The van der Waals surface area contributed by atoms with Crippen LogP contribution in [0.15, 0.2) is 12.1 Å². The van der Waals surface area contributed by atoms with Crippen LogP contribution in [-0.4, -0.2) is 74.5 Å². The molecule has 0 unspecified atom stereocenters. The second-order valence-corrected chi connectivity index (χ2v) is 8.00. The van der Waals surface area contributed by atoms with Crippen LogP contribution in [0.5, 0.6) is 11.5 Å². The number of fused-ring (bicyclic) bond motifs is 3. The number of carbonyl (C=O) groups excluding carboxylic acids is 1. The molecule has 29 heavy (non-hydrogen) atoms. The van der Waals surface area contributed by atoms with Gasteiger partial charge in [-0.2, -0.15) is 0 Å². The summed E-state index contributed by atoms with van der Waals surface area (Å²) >= 11 is 0. The van der Waals surface area contributed by atoms with Crippen molar-refractivity contribution in [2.45, 2.75) is 36.7 Å². The highest BCUT2D eigenvalue weighted by Crippen LogP contribution is 2.63. The third-order valence-electron chi connectivity index (χ3n) is 5.77. The summed E-state index contributed by atoms with van der Waals surface area (Å²) < 4.78 is 10.9. The van der Waals surface area contributed by atoms with Gasteiger partial charge < -0.3 is 40.3 Å². The van der Waals surface area contributed by atoms with E-state index in [1.54, 1.807) is 6.07 Å². The molecule has 1 aromatic carbocycles. The number of hydrogen-bond acceptors (Lipinski definition) is 8. The fraction of sp³-hybridized carbons (Fsp3) is 0.471. The van der Waals surface area contributed by atoms with E-state index < -0.39 is 42.1 Å². The number of amides is 1. The lowest BCUT2D eigenvalue weighted by molar-refractivity contribution is -0.157. The number of aliphatic carboxylic acids is 1. The highest BCUT2D eigenvalue weighted by molar-refractivity contribution is 6.62. The van der Waals surface area contributed by atoms with Gasteiger partial charge in [0.1, 0.15) is 17.4 Å². The predicted octanol–water partition coefficient (Wildman–Crippen LogP) is -1.05. The molecule has 3 atom stereocenters. The maximum atomic E-state index is 12.2. The summed E-state index contributed by atoms with van der Waals surface area (Å²) in [5.41, 5.74) is 3.73. The van der Waals surface area contributed by atoms with Gasteiger partial charge >= 0.3 is 18.7 Å². The summed E-state index contributed by atoms with van der Waals surface area (Å²) in [6.45, 7) is -1.98. The summed E-state index contributed by atoms with van der Waals surface area (Å²) in [5, 5.41) is 38.8. The second-order valence-electron chi connectivity index (χ2n) is 8.00. The van der Waals surface area contributed by atoms with Gasteiger partial charge in [0.2, 0.25) is 0 Å². The highest BCUT2D eigenvalue weighted by Gasteiger charge is 2.55. The molecule has 1 aliphatic carbocycles. The number of carboxylic acid groups (broad SMARTS) is 2. The molecule has 0 bridgehead atoms. The lowest BCUT2D eigenvalue weighted by Gasteiger charge is -2.42. The van der Waals surface area contributed by atoms with E-state index >= 15 is 0 Å². The van der Waals surface area contributed by atoms with E-state index in [4.69, 9.17) is 20.2 Å². The van der Waals surface area contributed by atoms with Gasteiger partial charge in [-0.3, -0.25) is 4.79 Å². The zero-order chi connectivity index (χ0) is 21.3. The third kappa shape index (κ3) is 3.00. The largest absolute Gasteiger partial charge is 0.669 e. The van der Waals surface area contributed by atoms with E-state index in [0.717, 1.165) is 6.92 Å². The molecule has 1 amide bonds. The third-order valence-corrected chi connectivity index (χ3v) is 5.77. The Balaban J connectivity index is 1.52. The Kier molecular flexibility index (Phi) is 4.09. The van der Waals surface area contributed by atoms with Gasteiger partial charge in [0.15, 0.2) is 5.54 Å². The van der Waals surface area contributed by atoms with Crippen LogP contribution in [0.1, 0.15) is 35.2 Å². The van der Waals surface area contributed by atoms with Crippen LogP contribution < -0.4 is 15.1 Å². The predicted molar refractivity (Wildman–Crippen MR) is 96.6 cm³/mol. The Bertz CT molecular complexity index is 926. The molecule has 6 N–H and O–H groups in total. The van der Waals surface area contributed by atoms with Crippen LogP contribution in [0.25, 0.3) is 0 Å². The molecule has 3 aliphatic rings. The van der Waals surface area contributed by atoms with E-state index in [1.165, 1.54) is 11.0 Å². The second kappa shape index (κ2) is 6.08. The van der Waals surface area contributed by atoms with Gasteiger partial charge in [0.25, 0.3) is 5.91 Å². The first-order valence-electron chi connectivity index (χ1n) is 9.10. The minimum atomic E-state index is -3.15. The molecule has 2 heterocycles. The van der Waals surface area contributed by atoms with E-state index in [-0.39, 0.29) is 36.1 Å². The molecule has 0 spiro atoms. The molecule has 12 heteroatoms. The van der Waals surface area contributed by atoms with Crippen molar-refractivity contribution in [3.05, 3.63) is 23.3 Å². The molecule has 0 radical (unpaired) electrons. The van der Waals surface area contributed by atoms with Crippen molar-refractivity contribution >= 4 is 24.6 Å². The number of aromatic carboxylic acids is 1. The molecule has 4 rings (SSSR count). The molecule has 1 saturated heterocycles. The Morgan fingerprint density at radius 3 is 2.52 bits per heavy atom. The van der Waals surface area contributed by atoms with Crippen LogP contribution in [0.2, 0.25) is 5.82 Å². The van der Waals surface area contributed by atoms with Gasteiger partial charge in [0, 0.05) is 0 Å². The zero-order valence-corrected chi connectivity index (χ0v) is 15.4. The average molecular weight is 407 g/mol. The lowest BCUT2D eigenvalue weighted by atomic mass is 9.68. The molecule has 2 fully saturated rings. The summed E-state index contributed by atoms with van der Waals surface area (Å²) in [6, 6.07) is 3.11. The number of rotatable bonds is 5. The maximum Gasteiger partial charge on any atom is 0.434 e. The first-order chi connectivity index (χ1) is 13.4. The Labute approximate surface area is 164 Å². The lowest BCUT2D eigenvalue weighted by Crippen LogP contribution is -2.66. The van der Waals surface area contributed by atoms with E-state index in [9.17, 15) is 29.5 Å². The van der Waals surface area contributed by atoms with E-state index in [0.29, 0.717) is 12.0 Å². The van der Waals surface area contributed by atoms with Gasteiger partial charge in [-0.1, -0.05) is 18.3 Å². The van der Waals surface area contributed by atoms with Crippen molar-refractivity contribution in [1.29, 1.82) is 0 Å². The molecule has 1 aromatic rings. The number of likely N-dealkylation sites (tertiary alicyclic amines) is 1. The Morgan fingerprint density at radius 2 is 1.93 bits per heavy atom. The molecule has 0 aromatic heterocycles. The van der Waals surface area contributed by atoms with Gasteiger partial charge in [0.05, 0.1) is 18.8 Å². The number of ether oxygens (including phenoxy) is 1. The summed E-state index contributed by atoms with van der Waals surface area (Å²) in [5.74, 6) is -4.35. The molecule has 1 saturated carbocycles. The van der Waals surface area contributed by atoms with E-state index in [1.807, 2.05) is 0 Å². The molecule has 11 nitrogen and oxygen atoms in total. The van der Waals surface area contributed by atoms with Crippen molar-refractivity contribution in [1.82, 2.24) is 4.90 Å². The fourth-order valence-electron chi connectivity index (χ4n) is 3.89. The first-order valence-corrected chi connectivity index (χ1v) is 9.10. The molecular formula is C17H20BN2O9-. The number of nitrogens with two attached hydrogens (primary N) is 1. The van der Waals surface area contributed by atoms with Gasteiger partial charge in [-0.15, -0.1) is 0 Å². The van der Waals surface area contributed by atoms with E-state index in [2.05, 4.69) is 0 Å². The summed E-state index contributed by atoms with van der Waals surface area (Å²) in [4.78, 5) is 36.3. The van der Waals surface area contributed by atoms with Crippen molar-refractivity contribution in [3.63, 3.8) is 0 Å². The van der Waals surface area contributed by atoms with Crippen LogP contribution in [0.3, 0.4) is 0 Å². The molecular weight excluding hydrogens is 387 g/mol. The minimum absolute atomic E-state index is 0.0345. The Hall–Kier alpha value is -2.83. The maximum absolute atomic E-state index is 12.2. The minimum Gasteiger partial charge on any atom is -0.669 e. The fourth-order valence-corrected chi connectivity index (χ4v) is 3.89.